The van der Waals surface area contributed by atoms with E-state index in [1.165, 1.54) is 0 Å². The molecule has 0 aromatic heterocycles. The first-order valence-electron chi connectivity index (χ1n) is 7.94. The Bertz CT molecular complexity index is 877. The van der Waals surface area contributed by atoms with Crippen molar-refractivity contribution in [3.05, 3.63) is 102 Å². The molecule has 3 aromatic rings. The smallest absolute Gasteiger partial charge is 0.268 e. The highest BCUT2D eigenvalue weighted by Crippen LogP contribution is 2.44. The van der Waals surface area contributed by atoms with Crippen molar-refractivity contribution in [1.82, 2.24) is 0 Å². The molecule has 1 heterocycles. The van der Waals surface area contributed by atoms with E-state index >= 15 is 0 Å². The second kappa shape index (κ2) is 5.62. The van der Waals surface area contributed by atoms with E-state index in [0.29, 0.717) is 17.7 Å². The van der Waals surface area contributed by atoms with Gasteiger partial charge in [-0.25, -0.2) is 0 Å². The molecule has 0 saturated carbocycles. The van der Waals surface area contributed by atoms with Gasteiger partial charge in [0.1, 0.15) is 0 Å². The quantitative estimate of drug-likeness (QED) is 0.804. The molecular formula is C21H17NO2. The Hall–Kier alpha value is -2.91. The van der Waals surface area contributed by atoms with Gasteiger partial charge in [-0.1, -0.05) is 78.9 Å². The summed E-state index contributed by atoms with van der Waals surface area (Å²) in [5.74, 6) is -0.307. The fourth-order valence-corrected chi connectivity index (χ4v) is 3.32. The van der Waals surface area contributed by atoms with Crippen LogP contribution in [0.25, 0.3) is 0 Å². The second-order valence-electron chi connectivity index (χ2n) is 5.97. The van der Waals surface area contributed by atoms with Gasteiger partial charge in [0.25, 0.3) is 5.91 Å². The number of hydrogen-bond donors (Lipinski definition) is 1. The molecule has 3 nitrogen and oxygen atoms in total. The zero-order valence-corrected chi connectivity index (χ0v) is 13.1. The monoisotopic (exact) mass is 315 g/mol. The van der Waals surface area contributed by atoms with Crippen LogP contribution in [0.1, 0.15) is 16.7 Å². The molecule has 3 aromatic carbocycles. The summed E-state index contributed by atoms with van der Waals surface area (Å²) in [6.07, 6.45) is 0. The minimum atomic E-state index is -1.63. The number of fused-ring (bicyclic) bond motifs is 1. The van der Waals surface area contributed by atoms with Gasteiger partial charge in [-0.3, -0.25) is 4.79 Å². The molecule has 0 fully saturated rings. The van der Waals surface area contributed by atoms with Crippen LogP contribution in [0.3, 0.4) is 0 Å². The van der Waals surface area contributed by atoms with Gasteiger partial charge in [0.05, 0.1) is 12.2 Å². The van der Waals surface area contributed by atoms with Crippen LogP contribution < -0.4 is 4.90 Å². The Labute approximate surface area is 140 Å². The van der Waals surface area contributed by atoms with Crippen molar-refractivity contribution >= 4 is 11.6 Å². The molecule has 3 heteroatoms. The predicted molar refractivity (Wildman–Crippen MR) is 93.5 cm³/mol. The van der Waals surface area contributed by atoms with E-state index in [9.17, 15) is 9.90 Å². The van der Waals surface area contributed by atoms with E-state index in [2.05, 4.69) is 0 Å². The van der Waals surface area contributed by atoms with Gasteiger partial charge in [-0.2, -0.15) is 0 Å². The largest absolute Gasteiger partial charge is 0.372 e. The Kier molecular flexibility index (Phi) is 3.44. The van der Waals surface area contributed by atoms with Crippen molar-refractivity contribution in [3.63, 3.8) is 0 Å². The molecule has 1 aliphatic heterocycles. The van der Waals surface area contributed by atoms with E-state index in [0.717, 1.165) is 11.3 Å². The summed E-state index contributed by atoms with van der Waals surface area (Å²) in [6.45, 7) is 0.436. The van der Waals surface area contributed by atoms with Crippen LogP contribution >= 0.6 is 0 Å². The van der Waals surface area contributed by atoms with Gasteiger partial charge in [-0.05, 0) is 17.2 Å². The number of aliphatic hydroxyl groups is 1. The average molecular weight is 315 g/mol. The molecule has 0 spiro atoms. The van der Waals surface area contributed by atoms with Crippen LogP contribution in [-0.2, 0) is 16.9 Å². The molecule has 0 aliphatic carbocycles. The lowest BCUT2D eigenvalue weighted by molar-refractivity contribution is -0.132. The molecular weight excluding hydrogens is 298 g/mol. The normalized spacial score (nSPS) is 19.4. The van der Waals surface area contributed by atoms with Crippen molar-refractivity contribution in [3.8, 4) is 0 Å². The third-order valence-electron chi connectivity index (χ3n) is 4.51. The Morgan fingerprint density at radius 2 is 1.38 bits per heavy atom. The summed E-state index contributed by atoms with van der Waals surface area (Å²) in [7, 11) is 0. The summed E-state index contributed by atoms with van der Waals surface area (Å²) in [5.41, 5.74) is 1.39. The molecule has 24 heavy (non-hydrogen) atoms. The highest BCUT2D eigenvalue weighted by atomic mass is 16.3. The number of anilines is 1. The number of hydrogen-bond acceptors (Lipinski definition) is 2. The summed E-state index contributed by atoms with van der Waals surface area (Å²) in [4.78, 5) is 14.8. The number of amides is 1. The fourth-order valence-electron chi connectivity index (χ4n) is 3.32. The van der Waals surface area contributed by atoms with E-state index in [4.69, 9.17) is 0 Å². The molecule has 0 bridgehead atoms. The minimum absolute atomic E-state index is 0.307. The van der Waals surface area contributed by atoms with Crippen LogP contribution in [0.4, 0.5) is 5.69 Å². The van der Waals surface area contributed by atoms with E-state index < -0.39 is 5.60 Å². The number of benzene rings is 3. The Balaban J connectivity index is 1.83. The maximum absolute atomic E-state index is 13.2. The molecule has 0 saturated heterocycles. The SMILES string of the molecule is O=C1N(Cc2ccccc2)c2ccccc2[C@]1(O)c1ccccc1. The predicted octanol–water partition coefficient (Wildman–Crippen LogP) is 3.47. The van der Waals surface area contributed by atoms with Crippen LogP contribution in [-0.4, -0.2) is 11.0 Å². The number of carbonyl (C=O) groups is 1. The molecule has 4 rings (SSSR count). The molecule has 1 amide bonds. The van der Waals surface area contributed by atoms with Crippen molar-refractivity contribution in [2.75, 3.05) is 4.90 Å². The van der Waals surface area contributed by atoms with Crippen LogP contribution in [0, 0.1) is 0 Å². The van der Waals surface area contributed by atoms with Crippen LogP contribution in [0.2, 0.25) is 0 Å². The Morgan fingerprint density at radius 1 is 0.792 bits per heavy atom. The number of rotatable bonds is 3. The maximum Gasteiger partial charge on any atom is 0.268 e. The van der Waals surface area contributed by atoms with E-state index in [1.54, 1.807) is 17.0 Å². The highest BCUT2D eigenvalue weighted by molar-refractivity contribution is 6.08. The van der Waals surface area contributed by atoms with Gasteiger partial charge in [-0.15, -0.1) is 0 Å². The van der Waals surface area contributed by atoms with Gasteiger partial charge in [0, 0.05) is 5.56 Å². The fraction of sp³-hybridized carbons (Fsp3) is 0.0952. The minimum Gasteiger partial charge on any atom is -0.372 e. The first-order chi connectivity index (χ1) is 11.7. The molecule has 1 atom stereocenters. The summed E-state index contributed by atoms with van der Waals surface area (Å²) < 4.78 is 0. The van der Waals surface area contributed by atoms with Gasteiger partial charge in [0.15, 0.2) is 5.60 Å². The third-order valence-corrected chi connectivity index (χ3v) is 4.51. The molecule has 0 unspecified atom stereocenters. The van der Waals surface area contributed by atoms with E-state index in [-0.39, 0.29) is 5.91 Å². The summed E-state index contributed by atoms with van der Waals surface area (Å²) >= 11 is 0. The molecule has 0 radical (unpaired) electrons. The van der Waals surface area contributed by atoms with Gasteiger partial charge >= 0.3 is 0 Å². The maximum atomic E-state index is 13.2. The lowest BCUT2D eigenvalue weighted by atomic mass is 9.88. The summed E-state index contributed by atoms with van der Waals surface area (Å²) in [6, 6.07) is 26.4. The molecule has 1 aliphatic rings. The van der Waals surface area contributed by atoms with Gasteiger partial charge in [0.2, 0.25) is 0 Å². The highest BCUT2D eigenvalue weighted by Gasteiger charge is 2.50. The molecule has 118 valence electrons. The lowest BCUT2D eigenvalue weighted by Gasteiger charge is -2.23. The third kappa shape index (κ3) is 2.14. The zero-order chi connectivity index (χ0) is 16.6. The Morgan fingerprint density at radius 3 is 2.08 bits per heavy atom. The first kappa shape index (κ1) is 14.7. The number of nitrogens with zero attached hydrogens (tertiary/aromatic N) is 1. The van der Waals surface area contributed by atoms with Crippen LogP contribution in [0.15, 0.2) is 84.9 Å². The van der Waals surface area contributed by atoms with E-state index in [1.807, 2.05) is 72.8 Å². The first-order valence-corrected chi connectivity index (χ1v) is 7.94. The van der Waals surface area contributed by atoms with Crippen LogP contribution in [0.5, 0.6) is 0 Å². The number of carbonyl (C=O) groups excluding carboxylic acids is 1. The van der Waals surface area contributed by atoms with Crippen molar-refractivity contribution < 1.29 is 9.90 Å². The number of para-hydroxylation sites is 1. The van der Waals surface area contributed by atoms with Gasteiger partial charge < -0.3 is 10.0 Å². The van der Waals surface area contributed by atoms with Crippen molar-refractivity contribution in [1.29, 1.82) is 0 Å². The lowest BCUT2D eigenvalue weighted by Crippen LogP contribution is -2.40. The zero-order valence-electron chi connectivity index (χ0n) is 13.1. The van der Waals surface area contributed by atoms with Crippen molar-refractivity contribution in [2.24, 2.45) is 0 Å². The van der Waals surface area contributed by atoms with Crippen molar-refractivity contribution in [2.45, 2.75) is 12.1 Å². The second-order valence-corrected chi connectivity index (χ2v) is 5.97. The summed E-state index contributed by atoms with van der Waals surface area (Å²) in [5, 5.41) is 11.3. The molecule has 1 N–H and O–H groups in total. The topological polar surface area (TPSA) is 40.5 Å². The standard InChI is InChI=1S/C21H17NO2/c23-20-21(24,17-11-5-2-6-12-17)18-13-7-8-14-19(18)22(20)15-16-9-3-1-4-10-16/h1-14,24H,15H2/t21-/m1/s1. The average Bonchev–Trinajstić information content (AvgIpc) is 2.87.